The van der Waals surface area contributed by atoms with Crippen LogP contribution in [0.3, 0.4) is 0 Å². The summed E-state index contributed by atoms with van der Waals surface area (Å²) in [4.78, 5) is 22.7. The van der Waals surface area contributed by atoms with E-state index in [0.717, 1.165) is 5.56 Å². The van der Waals surface area contributed by atoms with Gasteiger partial charge in [-0.1, -0.05) is 30.3 Å². The zero-order chi connectivity index (χ0) is 19.6. The summed E-state index contributed by atoms with van der Waals surface area (Å²) in [5.74, 6) is 0.214. The first kappa shape index (κ1) is 18.1. The zero-order valence-corrected chi connectivity index (χ0v) is 15.2. The number of aliphatic carboxylic acids is 1. The molecule has 3 heterocycles. The summed E-state index contributed by atoms with van der Waals surface area (Å²) in [5.41, 5.74) is -0.429. The van der Waals surface area contributed by atoms with Crippen molar-refractivity contribution >= 4 is 11.8 Å². The molecular weight excluding hydrogens is 358 g/mol. The Morgan fingerprint density at radius 3 is 2.68 bits per heavy atom. The molecule has 1 fully saturated rings. The number of carbonyl (C=O) groups is 1. The van der Waals surface area contributed by atoms with Gasteiger partial charge >= 0.3 is 5.97 Å². The molecule has 0 amide bonds. The largest absolute Gasteiger partial charge is 0.481 e. The van der Waals surface area contributed by atoms with Crippen molar-refractivity contribution in [3.63, 3.8) is 0 Å². The summed E-state index contributed by atoms with van der Waals surface area (Å²) in [6, 6.07) is 13.0. The molecule has 1 aliphatic rings. The maximum absolute atomic E-state index is 12.3. The first-order chi connectivity index (χ1) is 13.6. The molecule has 0 radical (unpaired) electrons. The average molecular weight is 379 g/mol. The van der Waals surface area contributed by atoms with Gasteiger partial charge in [-0.25, -0.2) is 14.6 Å². The van der Waals surface area contributed by atoms with E-state index in [0.29, 0.717) is 24.6 Å². The number of aliphatic hydroxyl groups excluding tert-OH is 1. The van der Waals surface area contributed by atoms with Crippen molar-refractivity contribution in [2.45, 2.75) is 18.9 Å². The number of benzene rings is 1. The Labute approximate surface area is 162 Å². The fourth-order valence-corrected chi connectivity index (χ4v) is 3.73. The van der Waals surface area contributed by atoms with Crippen molar-refractivity contribution < 1.29 is 15.0 Å². The van der Waals surface area contributed by atoms with Crippen LogP contribution in [0, 0.1) is 5.41 Å². The number of aromatic nitrogens is 4. The standard InChI is InChI=1S/C20H21N5O3/c26-16-7-10-24(17-11-18(22-14-21-17)25-9-4-8-23-25)13-20(16,19(27)28)12-15-5-2-1-3-6-15/h1-6,8-9,11,14,16,26H,7,10,12-13H2,(H,27,28)/t16-,20-/m1/s1. The summed E-state index contributed by atoms with van der Waals surface area (Å²) >= 11 is 0. The predicted molar refractivity (Wildman–Crippen MR) is 102 cm³/mol. The Morgan fingerprint density at radius 1 is 1.18 bits per heavy atom. The van der Waals surface area contributed by atoms with Gasteiger partial charge in [-0.2, -0.15) is 5.10 Å². The van der Waals surface area contributed by atoms with Crippen LogP contribution in [0.2, 0.25) is 0 Å². The lowest BCUT2D eigenvalue weighted by molar-refractivity contribution is -0.157. The minimum absolute atomic E-state index is 0.161. The average Bonchev–Trinajstić information content (AvgIpc) is 3.25. The molecule has 0 aliphatic carbocycles. The lowest BCUT2D eigenvalue weighted by atomic mass is 9.73. The Morgan fingerprint density at radius 2 is 1.96 bits per heavy atom. The SMILES string of the molecule is O=C(O)[C@]1(Cc2ccccc2)CN(c2cc(-n3cccn3)ncn2)CC[C@H]1O. The van der Waals surface area contributed by atoms with Crippen LogP contribution >= 0.6 is 0 Å². The lowest BCUT2D eigenvalue weighted by Gasteiger charge is -2.44. The molecule has 1 aromatic carbocycles. The van der Waals surface area contributed by atoms with Crippen LogP contribution in [0.5, 0.6) is 0 Å². The molecule has 0 unspecified atom stereocenters. The van der Waals surface area contributed by atoms with Gasteiger partial charge < -0.3 is 15.1 Å². The summed E-state index contributed by atoms with van der Waals surface area (Å²) < 4.78 is 1.62. The van der Waals surface area contributed by atoms with Crippen molar-refractivity contribution in [1.82, 2.24) is 19.7 Å². The quantitative estimate of drug-likeness (QED) is 0.693. The molecule has 1 aliphatic heterocycles. The first-order valence-electron chi connectivity index (χ1n) is 9.11. The monoisotopic (exact) mass is 379 g/mol. The van der Waals surface area contributed by atoms with Crippen LogP contribution in [0.15, 0.2) is 61.2 Å². The highest BCUT2D eigenvalue weighted by molar-refractivity contribution is 5.77. The minimum atomic E-state index is -1.31. The topological polar surface area (TPSA) is 104 Å². The third kappa shape index (κ3) is 3.34. The molecule has 2 N–H and O–H groups in total. The maximum Gasteiger partial charge on any atom is 0.314 e. The normalized spacial score (nSPS) is 22.2. The van der Waals surface area contributed by atoms with Gasteiger partial charge in [0.15, 0.2) is 5.82 Å². The first-order valence-corrected chi connectivity index (χ1v) is 9.11. The van der Waals surface area contributed by atoms with Gasteiger partial charge in [0.1, 0.15) is 17.6 Å². The predicted octanol–water partition coefficient (Wildman–Crippen LogP) is 1.55. The number of hydrogen-bond donors (Lipinski definition) is 2. The second-order valence-corrected chi connectivity index (χ2v) is 7.03. The van der Waals surface area contributed by atoms with Gasteiger partial charge in [-0.05, 0) is 24.5 Å². The number of carboxylic acids is 1. The molecule has 144 valence electrons. The summed E-state index contributed by atoms with van der Waals surface area (Å²) in [6.45, 7) is 0.675. The van der Waals surface area contributed by atoms with E-state index in [9.17, 15) is 15.0 Å². The van der Waals surface area contributed by atoms with Crippen molar-refractivity contribution in [3.8, 4) is 5.82 Å². The van der Waals surface area contributed by atoms with Gasteiger partial charge in [-0.15, -0.1) is 0 Å². The fourth-order valence-electron chi connectivity index (χ4n) is 3.73. The van der Waals surface area contributed by atoms with Gasteiger partial charge in [0.25, 0.3) is 0 Å². The van der Waals surface area contributed by atoms with Crippen LogP contribution in [0.4, 0.5) is 5.82 Å². The van der Waals surface area contributed by atoms with E-state index in [1.54, 1.807) is 29.2 Å². The minimum Gasteiger partial charge on any atom is -0.481 e. The number of hydrogen-bond acceptors (Lipinski definition) is 6. The van der Waals surface area contributed by atoms with Gasteiger partial charge in [0.2, 0.25) is 0 Å². The van der Waals surface area contributed by atoms with E-state index in [1.165, 1.54) is 6.33 Å². The summed E-state index contributed by atoms with van der Waals surface area (Å²) in [7, 11) is 0. The Kier molecular flexibility index (Phi) is 4.79. The molecular formula is C20H21N5O3. The van der Waals surface area contributed by atoms with E-state index in [-0.39, 0.29) is 13.0 Å². The van der Waals surface area contributed by atoms with E-state index >= 15 is 0 Å². The van der Waals surface area contributed by atoms with Gasteiger partial charge in [-0.3, -0.25) is 4.79 Å². The van der Waals surface area contributed by atoms with Crippen molar-refractivity contribution in [2.75, 3.05) is 18.0 Å². The van der Waals surface area contributed by atoms with Crippen molar-refractivity contribution in [2.24, 2.45) is 5.41 Å². The van der Waals surface area contributed by atoms with E-state index in [4.69, 9.17) is 0 Å². The van der Waals surface area contributed by atoms with Crippen molar-refractivity contribution in [3.05, 3.63) is 66.7 Å². The molecule has 1 saturated heterocycles. The number of carboxylic acid groups (broad SMARTS) is 1. The summed E-state index contributed by atoms with van der Waals surface area (Å²) in [5, 5.41) is 24.9. The Bertz CT molecular complexity index is 947. The molecule has 2 aromatic heterocycles. The van der Waals surface area contributed by atoms with Gasteiger partial charge in [0, 0.05) is 31.5 Å². The maximum atomic E-state index is 12.3. The fraction of sp³-hybridized carbons (Fsp3) is 0.300. The number of anilines is 1. The number of piperidine rings is 1. The molecule has 0 saturated carbocycles. The highest BCUT2D eigenvalue weighted by atomic mass is 16.4. The van der Waals surface area contributed by atoms with Crippen molar-refractivity contribution in [1.29, 1.82) is 0 Å². The number of rotatable bonds is 5. The lowest BCUT2D eigenvalue weighted by Crippen LogP contribution is -2.57. The Balaban J connectivity index is 1.65. The molecule has 8 heteroatoms. The molecule has 3 aromatic rings. The van der Waals surface area contributed by atoms with Gasteiger partial charge in [0.05, 0.1) is 6.10 Å². The molecule has 2 atom stereocenters. The van der Waals surface area contributed by atoms with E-state index in [1.807, 2.05) is 35.2 Å². The van der Waals surface area contributed by atoms with Crippen LogP contribution in [-0.2, 0) is 11.2 Å². The van der Waals surface area contributed by atoms with Crippen LogP contribution in [0.25, 0.3) is 5.82 Å². The Hall–Kier alpha value is -3.26. The van der Waals surface area contributed by atoms with E-state index in [2.05, 4.69) is 15.1 Å². The highest BCUT2D eigenvalue weighted by Gasteiger charge is 2.49. The molecule has 8 nitrogen and oxygen atoms in total. The molecule has 4 rings (SSSR count). The third-order valence-corrected chi connectivity index (χ3v) is 5.27. The smallest absolute Gasteiger partial charge is 0.314 e. The van der Waals surface area contributed by atoms with Crippen LogP contribution in [0.1, 0.15) is 12.0 Å². The zero-order valence-electron chi connectivity index (χ0n) is 15.2. The molecule has 0 spiro atoms. The molecule has 0 bridgehead atoms. The number of nitrogens with zero attached hydrogens (tertiary/aromatic N) is 5. The second-order valence-electron chi connectivity index (χ2n) is 7.03. The summed E-state index contributed by atoms with van der Waals surface area (Å²) in [6.07, 6.45) is 4.54. The third-order valence-electron chi connectivity index (χ3n) is 5.27. The second kappa shape index (κ2) is 7.40. The van der Waals surface area contributed by atoms with Crippen LogP contribution < -0.4 is 4.90 Å². The van der Waals surface area contributed by atoms with E-state index < -0.39 is 17.5 Å². The molecule has 28 heavy (non-hydrogen) atoms. The number of aliphatic hydroxyl groups is 1. The van der Waals surface area contributed by atoms with Crippen LogP contribution in [-0.4, -0.2) is 55.1 Å². The highest BCUT2D eigenvalue weighted by Crippen LogP contribution is 2.36.